The maximum atomic E-state index is 12.3. The number of rotatable bonds is 7. The molecule has 0 atom stereocenters. The van der Waals surface area contributed by atoms with Crippen LogP contribution in [0.3, 0.4) is 0 Å². The Labute approximate surface area is 119 Å². The number of aromatic carboxylic acids is 1. The van der Waals surface area contributed by atoms with Crippen LogP contribution in [0.5, 0.6) is 0 Å². The van der Waals surface area contributed by atoms with E-state index in [-0.39, 0.29) is 16.2 Å². The summed E-state index contributed by atoms with van der Waals surface area (Å²) < 4.78 is 29.5. The predicted octanol–water partition coefficient (Wildman–Crippen LogP) is 2.20. The first kappa shape index (κ1) is 16.7. The smallest absolute Gasteiger partial charge is 0.335 e. The van der Waals surface area contributed by atoms with E-state index in [1.165, 1.54) is 12.1 Å². The van der Waals surface area contributed by atoms with Crippen LogP contribution in [0.1, 0.15) is 34.3 Å². The second-order valence-electron chi connectivity index (χ2n) is 4.74. The fraction of sp³-hybridized carbons (Fsp3) is 0.500. The van der Waals surface area contributed by atoms with Gasteiger partial charge >= 0.3 is 5.97 Å². The van der Waals surface area contributed by atoms with Gasteiger partial charge in [-0.25, -0.2) is 13.2 Å². The highest BCUT2D eigenvalue weighted by Crippen LogP contribution is 2.23. The van der Waals surface area contributed by atoms with Crippen molar-refractivity contribution in [1.82, 2.24) is 0 Å². The number of carboxylic acid groups (broad SMARTS) is 1. The summed E-state index contributed by atoms with van der Waals surface area (Å²) in [6.07, 6.45) is 1.15. The highest BCUT2D eigenvalue weighted by molar-refractivity contribution is 7.91. The zero-order valence-corrected chi connectivity index (χ0v) is 12.8. The summed E-state index contributed by atoms with van der Waals surface area (Å²) in [7, 11) is -1.90. The number of carboxylic acids is 1. The highest BCUT2D eigenvalue weighted by Gasteiger charge is 2.20. The first-order chi connectivity index (χ1) is 9.29. The molecule has 1 N–H and O–H groups in total. The van der Waals surface area contributed by atoms with Gasteiger partial charge in [0.1, 0.15) is 0 Å². The predicted molar refractivity (Wildman–Crippen MR) is 76.0 cm³/mol. The van der Waals surface area contributed by atoms with E-state index in [9.17, 15) is 13.2 Å². The minimum Gasteiger partial charge on any atom is -0.478 e. The number of unbranched alkanes of at least 4 members (excludes halogenated alkanes) is 1. The minimum absolute atomic E-state index is 0.000285. The van der Waals surface area contributed by atoms with Crippen LogP contribution in [-0.2, 0) is 14.6 Å². The lowest BCUT2D eigenvalue weighted by atomic mass is 10.1. The summed E-state index contributed by atoms with van der Waals surface area (Å²) in [6, 6.07) is 2.73. The second-order valence-corrected chi connectivity index (χ2v) is 6.82. The summed E-state index contributed by atoms with van der Waals surface area (Å²) in [5.74, 6) is -1.12. The van der Waals surface area contributed by atoms with Gasteiger partial charge in [0.15, 0.2) is 9.84 Å². The Kier molecular flexibility index (Phi) is 5.71. The molecule has 1 aromatic carbocycles. The zero-order chi connectivity index (χ0) is 15.3. The zero-order valence-electron chi connectivity index (χ0n) is 12.0. The van der Waals surface area contributed by atoms with Crippen molar-refractivity contribution in [1.29, 1.82) is 0 Å². The van der Waals surface area contributed by atoms with Crippen molar-refractivity contribution in [2.24, 2.45) is 0 Å². The molecule has 0 bridgehead atoms. The van der Waals surface area contributed by atoms with Crippen molar-refractivity contribution in [3.63, 3.8) is 0 Å². The van der Waals surface area contributed by atoms with E-state index in [1.807, 2.05) is 0 Å². The van der Waals surface area contributed by atoms with Crippen molar-refractivity contribution in [3.05, 3.63) is 28.8 Å². The van der Waals surface area contributed by atoms with Crippen molar-refractivity contribution in [2.45, 2.75) is 31.6 Å². The van der Waals surface area contributed by atoms with Gasteiger partial charge in [-0.15, -0.1) is 0 Å². The van der Waals surface area contributed by atoms with Crippen LogP contribution in [-0.4, -0.2) is 39.0 Å². The molecule has 1 rings (SSSR count). The van der Waals surface area contributed by atoms with E-state index in [0.717, 1.165) is 0 Å². The number of ether oxygens (including phenoxy) is 1. The van der Waals surface area contributed by atoms with Gasteiger partial charge < -0.3 is 9.84 Å². The Morgan fingerprint density at radius 3 is 2.45 bits per heavy atom. The average Bonchev–Trinajstić information content (AvgIpc) is 2.37. The Hall–Kier alpha value is -1.40. The number of benzene rings is 1. The van der Waals surface area contributed by atoms with Crippen LogP contribution in [0.2, 0.25) is 0 Å². The molecule has 0 aromatic heterocycles. The van der Waals surface area contributed by atoms with Gasteiger partial charge in [0.25, 0.3) is 0 Å². The molecule has 0 radical (unpaired) electrons. The van der Waals surface area contributed by atoms with Gasteiger partial charge in [0.05, 0.1) is 16.2 Å². The van der Waals surface area contributed by atoms with Crippen LogP contribution in [0.25, 0.3) is 0 Å². The lowest BCUT2D eigenvalue weighted by Crippen LogP contribution is -2.12. The Bertz CT molecular complexity index is 590. The molecule has 0 amide bonds. The van der Waals surface area contributed by atoms with Gasteiger partial charge in [0, 0.05) is 13.7 Å². The summed E-state index contributed by atoms with van der Waals surface area (Å²) in [4.78, 5) is 11.1. The quantitative estimate of drug-likeness (QED) is 0.781. The molecule has 0 unspecified atom stereocenters. The molecule has 0 aliphatic carbocycles. The van der Waals surface area contributed by atoms with Crippen LogP contribution in [0, 0.1) is 13.8 Å². The minimum atomic E-state index is -3.47. The fourth-order valence-corrected chi connectivity index (χ4v) is 3.66. The number of carbonyl (C=O) groups is 1. The molecule has 0 aliphatic rings. The number of aryl methyl sites for hydroxylation is 1. The first-order valence-corrected chi connectivity index (χ1v) is 8.01. The normalized spacial score (nSPS) is 11.6. The Balaban J connectivity index is 3.07. The third-order valence-corrected chi connectivity index (χ3v) is 5.13. The van der Waals surface area contributed by atoms with Gasteiger partial charge in [-0.3, -0.25) is 0 Å². The number of sulfone groups is 1. The molecule has 0 saturated carbocycles. The van der Waals surface area contributed by atoms with Gasteiger partial charge in [-0.2, -0.15) is 0 Å². The maximum Gasteiger partial charge on any atom is 0.335 e. The third kappa shape index (κ3) is 4.05. The Morgan fingerprint density at radius 1 is 1.25 bits per heavy atom. The van der Waals surface area contributed by atoms with E-state index in [2.05, 4.69) is 0 Å². The van der Waals surface area contributed by atoms with E-state index < -0.39 is 15.8 Å². The third-order valence-electron chi connectivity index (χ3n) is 3.21. The fourth-order valence-electron chi connectivity index (χ4n) is 1.92. The molecular weight excluding hydrogens is 280 g/mol. The molecule has 0 aliphatic heterocycles. The molecule has 112 valence electrons. The molecular formula is C14H20O5S. The van der Waals surface area contributed by atoms with Crippen LogP contribution in [0.15, 0.2) is 17.0 Å². The monoisotopic (exact) mass is 300 g/mol. The van der Waals surface area contributed by atoms with Crippen LogP contribution >= 0.6 is 0 Å². The summed E-state index contributed by atoms with van der Waals surface area (Å²) in [6.45, 7) is 3.93. The van der Waals surface area contributed by atoms with E-state index in [4.69, 9.17) is 9.84 Å². The lowest BCUT2D eigenvalue weighted by Gasteiger charge is -2.11. The molecule has 0 saturated heterocycles. The Morgan fingerprint density at radius 2 is 1.90 bits per heavy atom. The molecule has 5 nitrogen and oxygen atoms in total. The number of methoxy groups -OCH3 is 1. The van der Waals surface area contributed by atoms with Gasteiger partial charge in [-0.05, 0) is 49.9 Å². The van der Waals surface area contributed by atoms with Crippen molar-refractivity contribution in [3.8, 4) is 0 Å². The number of hydrogen-bond donors (Lipinski definition) is 1. The molecule has 0 heterocycles. The average molecular weight is 300 g/mol. The summed E-state index contributed by atoms with van der Waals surface area (Å²) in [5.41, 5.74) is 1.28. The van der Waals surface area contributed by atoms with E-state index >= 15 is 0 Å². The second kappa shape index (κ2) is 6.85. The molecule has 20 heavy (non-hydrogen) atoms. The maximum absolute atomic E-state index is 12.3. The molecule has 6 heteroatoms. The van der Waals surface area contributed by atoms with Crippen LogP contribution < -0.4 is 0 Å². The van der Waals surface area contributed by atoms with Gasteiger partial charge in [-0.1, -0.05) is 0 Å². The first-order valence-electron chi connectivity index (χ1n) is 6.36. The van der Waals surface area contributed by atoms with E-state index in [0.29, 0.717) is 30.6 Å². The largest absolute Gasteiger partial charge is 0.478 e. The van der Waals surface area contributed by atoms with E-state index in [1.54, 1.807) is 21.0 Å². The van der Waals surface area contributed by atoms with Gasteiger partial charge in [0.2, 0.25) is 0 Å². The molecule has 1 aromatic rings. The number of hydrogen-bond acceptors (Lipinski definition) is 4. The SMILES string of the molecule is COCCCCS(=O)(=O)c1cc(C(=O)O)cc(C)c1C. The summed E-state index contributed by atoms with van der Waals surface area (Å²) in [5, 5.41) is 9.03. The van der Waals surface area contributed by atoms with Crippen molar-refractivity contribution >= 4 is 15.8 Å². The van der Waals surface area contributed by atoms with Crippen molar-refractivity contribution in [2.75, 3.05) is 19.5 Å². The van der Waals surface area contributed by atoms with Crippen LogP contribution in [0.4, 0.5) is 0 Å². The molecule has 0 spiro atoms. The highest BCUT2D eigenvalue weighted by atomic mass is 32.2. The molecule has 0 fully saturated rings. The summed E-state index contributed by atoms with van der Waals surface area (Å²) >= 11 is 0. The standard InChI is InChI=1S/C14H20O5S/c1-10-8-12(14(15)16)9-13(11(10)2)20(17,18)7-5-4-6-19-3/h8-9H,4-7H2,1-3H3,(H,15,16). The lowest BCUT2D eigenvalue weighted by molar-refractivity contribution is 0.0696. The van der Waals surface area contributed by atoms with Crippen molar-refractivity contribution < 1.29 is 23.1 Å². The topological polar surface area (TPSA) is 80.7 Å².